The number of carbonyl (C=O) groups is 1. The topological polar surface area (TPSA) is 84.5 Å². The number of ether oxygens (including phenoxy) is 1. The van der Waals surface area contributed by atoms with E-state index < -0.39 is 10.0 Å². The second-order valence-corrected chi connectivity index (χ2v) is 7.59. The number of hydrogen-bond acceptors (Lipinski definition) is 4. The minimum absolute atomic E-state index is 0.0315. The zero-order chi connectivity index (χ0) is 16.9. The van der Waals surface area contributed by atoms with Gasteiger partial charge in [0.15, 0.2) is 0 Å². The first-order chi connectivity index (χ1) is 11.0. The van der Waals surface area contributed by atoms with Crippen molar-refractivity contribution >= 4 is 15.9 Å². The molecule has 1 saturated carbocycles. The molecule has 0 saturated heterocycles. The van der Waals surface area contributed by atoms with E-state index >= 15 is 0 Å². The molecule has 0 aliphatic heterocycles. The van der Waals surface area contributed by atoms with Crippen LogP contribution < -0.4 is 14.8 Å². The Morgan fingerprint density at radius 1 is 1.17 bits per heavy atom. The van der Waals surface area contributed by atoms with Crippen molar-refractivity contribution in [2.45, 2.75) is 49.5 Å². The van der Waals surface area contributed by atoms with Crippen molar-refractivity contribution in [3.05, 3.63) is 23.8 Å². The number of benzene rings is 1. The van der Waals surface area contributed by atoms with Crippen molar-refractivity contribution in [2.75, 3.05) is 14.2 Å². The van der Waals surface area contributed by atoms with Gasteiger partial charge in [-0.05, 0) is 38.1 Å². The molecule has 0 spiro atoms. The molecule has 23 heavy (non-hydrogen) atoms. The summed E-state index contributed by atoms with van der Waals surface area (Å²) in [4.78, 5) is 12.4. The van der Waals surface area contributed by atoms with E-state index in [1.807, 2.05) is 0 Å². The highest BCUT2D eigenvalue weighted by atomic mass is 32.2. The summed E-state index contributed by atoms with van der Waals surface area (Å²) in [6, 6.07) is 4.61. The van der Waals surface area contributed by atoms with Crippen molar-refractivity contribution < 1.29 is 17.9 Å². The third-order valence-corrected chi connectivity index (χ3v) is 5.61. The molecule has 1 aliphatic rings. The molecule has 2 rings (SSSR count). The summed E-state index contributed by atoms with van der Waals surface area (Å²) in [5.41, 5.74) is 0.323. The molecular weight excluding hydrogens is 316 g/mol. The largest absolute Gasteiger partial charge is 0.495 e. The Labute approximate surface area is 137 Å². The second-order valence-electron chi connectivity index (χ2n) is 5.74. The fraction of sp³-hybridized carbons (Fsp3) is 0.562. The highest BCUT2D eigenvalue weighted by Gasteiger charge is 2.21. The van der Waals surface area contributed by atoms with Crippen LogP contribution in [0, 0.1) is 0 Å². The number of methoxy groups -OCH3 is 1. The summed E-state index contributed by atoms with van der Waals surface area (Å²) < 4.78 is 31.5. The Hall–Kier alpha value is -1.60. The third kappa shape index (κ3) is 4.45. The van der Waals surface area contributed by atoms with Gasteiger partial charge in [-0.3, -0.25) is 4.79 Å². The smallest absolute Gasteiger partial charge is 0.251 e. The minimum Gasteiger partial charge on any atom is -0.495 e. The van der Waals surface area contributed by atoms with E-state index in [4.69, 9.17) is 4.74 Å². The minimum atomic E-state index is -3.69. The molecule has 1 aromatic carbocycles. The highest BCUT2D eigenvalue weighted by Crippen LogP contribution is 2.25. The van der Waals surface area contributed by atoms with Crippen molar-refractivity contribution in [3.63, 3.8) is 0 Å². The van der Waals surface area contributed by atoms with Gasteiger partial charge < -0.3 is 10.1 Å². The third-order valence-electron chi connectivity index (χ3n) is 4.17. The van der Waals surface area contributed by atoms with E-state index in [1.54, 1.807) is 6.07 Å². The highest BCUT2D eigenvalue weighted by molar-refractivity contribution is 7.89. The molecule has 1 aliphatic carbocycles. The first kappa shape index (κ1) is 17.7. The van der Waals surface area contributed by atoms with Crippen LogP contribution in [0.4, 0.5) is 0 Å². The lowest BCUT2D eigenvalue weighted by Gasteiger charge is -2.17. The monoisotopic (exact) mass is 340 g/mol. The van der Waals surface area contributed by atoms with Gasteiger partial charge >= 0.3 is 0 Å². The van der Waals surface area contributed by atoms with Gasteiger partial charge in [0.25, 0.3) is 5.91 Å². The first-order valence-corrected chi connectivity index (χ1v) is 9.38. The van der Waals surface area contributed by atoms with Crippen LogP contribution >= 0.6 is 0 Å². The van der Waals surface area contributed by atoms with Crippen molar-refractivity contribution in [2.24, 2.45) is 0 Å². The lowest BCUT2D eigenvalue weighted by atomic mass is 10.1. The predicted octanol–water partition coefficient (Wildman–Crippen LogP) is 2.06. The molecule has 0 aromatic heterocycles. The normalized spacial score (nSPS) is 16.6. The maximum Gasteiger partial charge on any atom is 0.251 e. The van der Waals surface area contributed by atoms with E-state index in [0.717, 1.165) is 25.7 Å². The second kappa shape index (κ2) is 7.79. The Kier molecular flexibility index (Phi) is 6.01. The Bertz CT molecular complexity index is 650. The molecular formula is C16H24N2O4S. The van der Waals surface area contributed by atoms with Gasteiger partial charge in [-0.1, -0.05) is 25.7 Å². The average Bonchev–Trinajstić information content (AvgIpc) is 2.82. The number of rotatable bonds is 5. The van der Waals surface area contributed by atoms with Crippen molar-refractivity contribution in [3.8, 4) is 5.75 Å². The van der Waals surface area contributed by atoms with Crippen LogP contribution in [-0.2, 0) is 10.0 Å². The molecule has 0 bridgehead atoms. The first-order valence-electron chi connectivity index (χ1n) is 7.90. The van der Waals surface area contributed by atoms with E-state index in [9.17, 15) is 13.2 Å². The number of hydrogen-bond donors (Lipinski definition) is 2. The predicted molar refractivity (Wildman–Crippen MR) is 88.2 cm³/mol. The zero-order valence-corrected chi connectivity index (χ0v) is 14.4. The SMILES string of the molecule is CNS(=O)(=O)c1cc(C(=O)NC2CCCCCC2)ccc1OC. The van der Waals surface area contributed by atoms with Gasteiger partial charge in [-0.2, -0.15) is 0 Å². The summed E-state index contributed by atoms with van der Waals surface area (Å²) in [6.07, 6.45) is 6.60. The Balaban J connectivity index is 2.22. The van der Waals surface area contributed by atoms with E-state index in [1.165, 1.54) is 39.1 Å². The van der Waals surface area contributed by atoms with E-state index in [0.29, 0.717) is 5.56 Å². The molecule has 1 aromatic rings. The lowest BCUT2D eigenvalue weighted by Crippen LogP contribution is -2.34. The van der Waals surface area contributed by atoms with Gasteiger partial charge in [0, 0.05) is 11.6 Å². The Morgan fingerprint density at radius 2 is 1.83 bits per heavy atom. The average molecular weight is 340 g/mol. The number of sulfonamides is 1. The fourth-order valence-corrected chi connectivity index (χ4v) is 3.75. The summed E-state index contributed by atoms with van der Waals surface area (Å²) >= 11 is 0. The van der Waals surface area contributed by atoms with Crippen LogP contribution in [0.1, 0.15) is 48.9 Å². The maximum atomic E-state index is 12.4. The van der Waals surface area contributed by atoms with Crippen LogP contribution in [0.25, 0.3) is 0 Å². The summed E-state index contributed by atoms with van der Waals surface area (Å²) in [5.74, 6) is -0.0301. The van der Waals surface area contributed by atoms with E-state index in [-0.39, 0.29) is 22.6 Å². The standard InChI is InChI=1S/C16H24N2O4S/c1-17-23(20,21)15-11-12(9-10-14(15)22-2)16(19)18-13-7-5-3-4-6-8-13/h9-11,13,17H,3-8H2,1-2H3,(H,18,19). The molecule has 2 N–H and O–H groups in total. The summed E-state index contributed by atoms with van der Waals surface area (Å²) in [6.45, 7) is 0. The molecule has 1 fully saturated rings. The molecule has 0 radical (unpaired) electrons. The fourth-order valence-electron chi connectivity index (χ4n) is 2.83. The van der Waals surface area contributed by atoms with Crippen molar-refractivity contribution in [1.29, 1.82) is 0 Å². The summed E-state index contributed by atoms with van der Waals surface area (Å²) in [7, 11) is -0.966. The van der Waals surface area contributed by atoms with Crippen molar-refractivity contribution in [1.82, 2.24) is 10.0 Å². The van der Waals surface area contributed by atoms with Crippen LogP contribution in [0.15, 0.2) is 23.1 Å². The summed E-state index contributed by atoms with van der Waals surface area (Å²) in [5, 5.41) is 3.01. The number of nitrogens with one attached hydrogen (secondary N) is 2. The Morgan fingerprint density at radius 3 is 2.39 bits per heavy atom. The molecule has 128 valence electrons. The van der Waals surface area contributed by atoms with E-state index in [2.05, 4.69) is 10.0 Å². The molecule has 7 heteroatoms. The van der Waals surface area contributed by atoms with Gasteiger partial charge in [0.1, 0.15) is 10.6 Å². The zero-order valence-electron chi connectivity index (χ0n) is 13.6. The van der Waals surface area contributed by atoms with Gasteiger partial charge in [0.2, 0.25) is 10.0 Å². The number of carbonyl (C=O) groups excluding carboxylic acids is 1. The molecule has 0 heterocycles. The maximum absolute atomic E-state index is 12.4. The van der Waals surface area contributed by atoms with Crippen LogP contribution in [0.2, 0.25) is 0 Å². The lowest BCUT2D eigenvalue weighted by molar-refractivity contribution is 0.0933. The van der Waals surface area contributed by atoms with Gasteiger partial charge in [-0.15, -0.1) is 0 Å². The molecule has 6 nitrogen and oxygen atoms in total. The van der Waals surface area contributed by atoms with Crippen LogP contribution in [-0.4, -0.2) is 34.5 Å². The molecule has 0 atom stereocenters. The number of amides is 1. The molecule has 1 amide bonds. The van der Waals surface area contributed by atoms with Crippen LogP contribution in [0.3, 0.4) is 0 Å². The van der Waals surface area contributed by atoms with Gasteiger partial charge in [0.05, 0.1) is 7.11 Å². The molecule has 0 unspecified atom stereocenters. The quantitative estimate of drug-likeness (QED) is 0.804. The van der Waals surface area contributed by atoms with Gasteiger partial charge in [-0.25, -0.2) is 13.1 Å². The van der Waals surface area contributed by atoms with Crippen LogP contribution in [0.5, 0.6) is 5.75 Å².